The van der Waals surface area contributed by atoms with Crippen molar-refractivity contribution in [3.05, 3.63) is 46.4 Å². The number of benzene rings is 1. The van der Waals surface area contributed by atoms with Crippen molar-refractivity contribution in [3.63, 3.8) is 0 Å². The Bertz CT molecular complexity index is 661. The minimum Gasteiger partial charge on any atom is -0.355 e. The molecule has 0 bridgehead atoms. The fourth-order valence-corrected chi connectivity index (χ4v) is 3.44. The third-order valence-corrected chi connectivity index (χ3v) is 4.40. The molecular weight excluding hydrogens is 267 g/mol. The van der Waals surface area contributed by atoms with Crippen LogP contribution in [0.1, 0.15) is 18.5 Å². The maximum absolute atomic E-state index is 13.1. The third-order valence-electron chi connectivity index (χ3n) is 2.73. The van der Waals surface area contributed by atoms with Crippen molar-refractivity contribution < 1.29 is 4.39 Å². The molecular formula is C13H11FN2S2. The molecule has 2 heterocycles. The summed E-state index contributed by atoms with van der Waals surface area (Å²) < 4.78 is 14.1. The highest BCUT2D eigenvalue weighted by Gasteiger charge is 2.09. The normalized spacial score (nSPS) is 12.8. The molecule has 0 amide bonds. The predicted octanol–water partition coefficient (Wildman–Crippen LogP) is 4.67. The largest absolute Gasteiger partial charge is 0.355 e. The number of fused-ring (bicyclic) bond motifs is 1. The first-order valence-corrected chi connectivity index (χ1v) is 7.33. The first-order valence-electron chi connectivity index (χ1n) is 5.57. The van der Waals surface area contributed by atoms with Crippen LogP contribution < -0.4 is 5.32 Å². The fraction of sp³-hybridized carbons (Fsp3) is 0.154. The highest BCUT2D eigenvalue weighted by atomic mass is 32.1. The number of nitrogens with one attached hydrogen (secondary N) is 1. The monoisotopic (exact) mass is 278 g/mol. The molecule has 0 fully saturated rings. The van der Waals surface area contributed by atoms with E-state index in [1.54, 1.807) is 28.7 Å². The van der Waals surface area contributed by atoms with E-state index in [0.29, 0.717) is 5.52 Å². The van der Waals surface area contributed by atoms with Crippen molar-refractivity contribution in [2.45, 2.75) is 13.0 Å². The first kappa shape index (κ1) is 11.6. The summed E-state index contributed by atoms with van der Waals surface area (Å²) in [5.41, 5.74) is 1.95. The van der Waals surface area contributed by atoms with Gasteiger partial charge in [-0.2, -0.15) is 11.3 Å². The average Bonchev–Trinajstić information content (AvgIpc) is 2.95. The third kappa shape index (κ3) is 2.23. The molecule has 18 heavy (non-hydrogen) atoms. The number of thiazole rings is 1. The summed E-state index contributed by atoms with van der Waals surface area (Å²) in [5, 5.41) is 8.35. The summed E-state index contributed by atoms with van der Waals surface area (Å²) in [5.74, 6) is -0.245. The molecule has 0 saturated heterocycles. The van der Waals surface area contributed by atoms with Gasteiger partial charge in [0.25, 0.3) is 0 Å². The van der Waals surface area contributed by atoms with Gasteiger partial charge in [-0.15, -0.1) is 0 Å². The summed E-state index contributed by atoms with van der Waals surface area (Å²) in [6.07, 6.45) is 0. The van der Waals surface area contributed by atoms with Gasteiger partial charge in [0.15, 0.2) is 5.13 Å². The van der Waals surface area contributed by atoms with E-state index in [4.69, 9.17) is 0 Å². The number of anilines is 1. The van der Waals surface area contributed by atoms with Gasteiger partial charge in [-0.1, -0.05) is 11.3 Å². The average molecular weight is 278 g/mol. The summed E-state index contributed by atoms with van der Waals surface area (Å²) in [7, 11) is 0. The maximum atomic E-state index is 13.1. The first-order chi connectivity index (χ1) is 8.72. The quantitative estimate of drug-likeness (QED) is 0.753. The van der Waals surface area contributed by atoms with Gasteiger partial charge in [-0.25, -0.2) is 9.37 Å². The molecule has 5 heteroatoms. The van der Waals surface area contributed by atoms with Gasteiger partial charge in [0, 0.05) is 6.07 Å². The number of nitrogens with zero attached hydrogens (tertiary/aromatic N) is 1. The molecule has 92 valence electrons. The summed E-state index contributed by atoms with van der Waals surface area (Å²) in [6, 6.07) is 7.00. The van der Waals surface area contributed by atoms with Gasteiger partial charge in [0.1, 0.15) is 5.82 Å². The van der Waals surface area contributed by atoms with Gasteiger partial charge in [-0.05, 0) is 41.4 Å². The molecule has 2 nitrogen and oxygen atoms in total. The van der Waals surface area contributed by atoms with Crippen LogP contribution in [-0.4, -0.2) is 4.98 Å². The maximum Gasteiger partial charge on any atom is 0.184 e. The van der Waals surface area contributed by atoms with Gasteiger partial charge in [0.05, 0.1) is 16.3 Å². The van der Waals surface area contributed by atoms with Gasteiger partial charge in [-0.3, -0.25) is 0 Å². The second-order valence-corrected chi connectivity index (χ2v) is 5.86. The molecule has 0 radical (unpaired) electrons. The SMILES string of the molecule is CC(Nc1nc2cc(F)ccc2s1)c1ccsc1. The van der Waals surface area contributed by atoms with Crippen molar-refractivity contribution in [2.75, 3.05) is 5.32 Å². The van der Waals surface area contributed by atoms with Crippen LogP contribution in [0.3, 0.4) is 0 Å². The second-order valence-electron chi connectivity index (χ2n) is 4.05. The number of rotatable bonds is 3. The standard InChI is InChI=1S/C13H11FN2S2/c1-8(9-4-5-17-7-9)15-13-16-11-6-10(14)2-3-12(11)18-13/h2-8H,1H3,(H,15,16). The zero-order chi connectivity index (χ0) is 12.5. The summed E-state index contributed by atoms with van der Waals surface area (Å²) >= 11 is 3.22. The fourth-order valence-electron chi connectivity index (χ4n) is 1.75. The number of aromatic nitrogens is 1. The summed E-state index contributed by atoms with van der Waals surface area (Å²) in [4.78, 5) is 4.39. The highest BCUT2D eigenvalue weighted by molar-refractivity contribution is 7.22. The molecule has 1 atom stereocenters. The van der Waals surface area contributed by atoms with E-state index in [1.165, 1.54) is 17.7 Å². The van der Waals surface area contributed by atoms with E-state index in [-0.39, 0.29) is 11.9 Å². The van der Waals surface area contributed by atoms with Gasteiger partial charge < -0.3 is 5.32 Å². The molecule has 3 aromatic rings. The van der Waals surface area contributed by atoms with Crippen LogP contribution in [0.4, 0.5) is 9.52 Å². The molecule has 0 aliphatic rings. The van der Waals surface area contributed by atoms with Crippen LogP contribution in [0.2, 0.25) is 0 Å². The molecule has 0 aliphatic carbocycles. The Morgan fingerprint density at radius 1 is 1.33 bits per heavy atom. The molecule has 0 saturated carbocycles. The zero-order valence-corrected chi connectivity index (χ0v) is 11.3. The van der Waals surface area contributed by atoms with E-state index >= 15 is 0 Å². The molecule has 0 aliphatic heterocycles. The topological polar surface area (TPSA) is 24.9 Å². The smallest absolute Gasteiger partial charge is 0.184 e. The van der Waals surface area contributed by atoms with Crippen LogP contribution in [0.15, 0.2) is 35.0 Å². The number of halogens is 1. The second kappa shape index (κ2) is 4.66. The Labute approximate surface area is 112 Å². The van der Waals surface area contributed by atoms with Gasteiger partial charge in [0.2, 0.25) is 0 Å². The lowest BCUT2D eigenvalue weighted by Gasteiger charge is -2.10. The van der Waals surface area contributed by atoms with Crippen LogP contribution in [0.5, 0.6) is 0 Å². The van der Waals surface area contributed by atoms with E-state index in [9.17, 15) is 4.39 Å². The van der Waals surface area contributed by atoms with Gasteiger partial charge >= 0.3 is 0 Å². The zero-order valence-electron chi connectivity index (χ0n) is 9.68. The molecule has 0 spiro atoms. The van der Waals surface area contributed by atoms with Crippen LogP contribution >= 0.6 is 22.7 Å². The Morgan fingerprint density at radius 3 is 3.00 bits per heavy atom. The van der Waals surface area contributed by atoms with E-state index < -0.39 is 0 Å². The lowest BCUT2D eigenvalue weighted by molar-refractivity contribution is 0.629. The van der Waals surface area contributed by atoms with Crippen molar-refractivity contribution in [1.82, 2.24) is 4.98 Å². The van der Waals surface area contributed by atoms with E-state index in [1.807, 2.05) is 0 Å². The van der Waals surface area contributed by atoms with Crippen molar-refractivity contribution >= 4 is 38.0 Å². The molecule has 1 unspecified atom stereocenters. The Kier molecular flexibility index (Phi) is 3.01. The Hall–Kier alpha value is -1.46. The summed E-state index contributed by atoms with van der Waals surface area (Å²) in [6.45, 7) is 2.09. The number of hydrogen-bond acceptors (Lipinski definition) is 4. The number of hydrogen-bond donors (Lipinski definition) is 1. The highest BCUT2D eigenvalue weighted by Crippen LogP contribution is 2.29. The lowest BCUT2D eigenvalue weighted by Crippen LogP contribution is -2.04. The lowest BCUT2D eigenvalue weighted by atomic mass is 10.2. The minimum absolute atomic E-state index is 0.210. The van der Waals surface area contributed by atoms with E-state index in [2.05, 4.69) is 34.1 Å². The van der Waals surface area contributed by atoms with Crippen molar-refractivity contribution in [1.29, 1.82) is 0 Å². The Morgan fingerprint density at radius 2 is 2.22 bits per heavy atom. The van der Waals surface area contributed by atoms with Crippen molar-refractivity contribution in [2.24, 2.45) is 0 Å². The number of thiophene rings is 1. The predicted molar refractivity (Wildman–Crippen MR) is 75.9 cm³/mol. The molecule has 1 N–H and O–H groups in total. The van der Waals surface area contributed by atoms with Crippen molar-refractivity contribution in [3.8, 4) is 0 Å². The van der Waals surface area contributed by atoms with E-state index in [0.717, 1.165) is 9.83 Å². The molecule has 1 aromatic carbocycles. The minimum atomic E-state index is -0.245. The molecule has 3 rings (SSSR count). The van der Waals surface area contributed by atoms with Crippen LogP contribution in [0.25, 0.3) is 10.2 Å². The Balaban J connectivity index is 1.86. The van der Waals surface area contributed by atoms with Crippen LogP contribution in [0, 0.1) is 5.82 Å². The molecule has 2 aromatic heterocycles. The van der Waals surface area contributed by atoms with Crippen LogP contribution in [-0.2, 0) is 0 Å².